The maximum atomic E-state index is 11.9. The number of hydrogen-bond donors (Lipinski definition) is 1. The number of nitrogens with zero attached hydrogens (tertiary/aromatic N) is 1. The van der Waals surface area contributed by atoms with Crippen LogP contribution in [-0.2, 0) is 11.2 Å². The lowest BCUT2D eigenvalue weighted by Gasteiger charge is -2.10. The standard InChI is InChI=1S/C16H15BrN2O4/c1-2-11-7-8-15(12(17)9-11)23-10-16(20)18-13-5-3-4-6-14(13)19(21)22/h3-9H,2,10H2,1H3,(H,18,20). The van der Waals surface area contributed by atoms with Crippen molar-refractivity contribution in [1.82, 2.24) is 0 Å². The number of carbonyl (C=O) groups excluding carboxylic acids is 1. The normalized spacial score (nSPS) is 10.2. The Morgan fingerprint density at radius 1 is 1.30 bits per heavy atom. The van der Waals surface area contributed by atoms with E-state index in [1.54, 1.807) is 12.1 Å². The monoisotopic (exact) mass is 378 g/mol. The molecule has 1 N–H and O–H groups in total. The Kier molecular flexibility index (Phi) is 5.70. The molecule has 6 nitrogen and oxygen atoms in total. The van der Waals surface area contributed by atoms with E-state index in [4.69, 9.17) is 4.74 Å². The molecule has 0 unspecified atom stereocenters. The molecule has 0 aromatic heterocycles. The summed E-state index contributed by atoms with van der Waals surface area (Å²) in [4.78, 5) is 22.3. The first-order valence-electron chi connectivity index (χ1n) is 6.95. The third-order valence-corrected chi connectivity index (χ3v) is 3.76. The lowest BCUT2D eigenvalue weighted by molar-refractivity contribution is -0.383. The molecule has 7 heteroatoms. The van der Waals surface area contributed by atoms with Crippen molar-refractivity contribution in [2.45, 2.75) is 13.3 Å². The highest BCUT2D eigenvalue weighted by Crippen LogP contribution is 2.26. The van der Waals surface area contributed by atoms with E-state index in [0.717, 1.165) is 16.5 Å². The highest BCUT2D eigenvalue weighted by molar-refractivity contribution is 9.10. The van der Waals surface area contributed by atoms with Crippen molar-refractivity contribution < 1.29 is 14.5 Å². The molecule has 0 atom stereocenters. The molecule has 0 aliphatic heterocycles. The van der Waals surface area contributed by atoms with Gasteiger partial charge in [-0.15, -0.1) is 0 Å². The summed E-state index contributed by atoms with van der Waals surface area (Å²) in [5, 5.41) is 13.4. The number of benzene rings is 2. The number of ether oxygens (including phenoxy) is 1. The van der Waals surface area contributed by atoms with Crippen LogP contribution in [0.1, 0.15) is 12.5 Å². The molecule has 1 amide bonds. The third-order valence-electron chi connectivity index (χ3n) is 3.14. The van der Waals surface area contributed by atoms with E-state index in [2.05, 4.69) is 21.2 Å². The van der Waals surface area contributed by atoms with E-state index < -0.39 is 10.8 Å². The largest absolute Gasteiger partial charge is 0.483 e. The fraction of sp³-hybridized carbons (Fsp3) is 0.188. The molecule has 0 heterocycles. The van der Waals surface area contributed by atoms with E-state index in [0.29, 0.717) is 5.75 Å². The van der Waals surface area contributed by atoms with Gasteiger partial charge in [0.2, 0.25) is 0 Å². The van der Waals surface area contributed by atoms with Crippen molar-refractivity contribution in [2.24, 2.45) is 0 Å². The summed E-state index contributed by atoms with van der Waals surface area (Å²) in [6, 6.07) is 11.6. The molecule has 2 rings (SSSR count). The lowest BCUT2D eigenvalue weighted by Crippen LogP contribution is -2.20. The zero-order chi connectivity index (χ0) is 16.8. The number of aryl methyl sites for hydroxylation is 1. The Labute approximate surface area is 141 Å². The van der Waals surface area contributed by atoms with Crippen LogP contribution in [0.15, 0.2) is 46.9 Å². The second kappa shape index (κ2) is 7.73. The highest BCUT2D eigenvalue weighted by atomic mass is 79.9. The van der Waals surface area contributed by atoms with Crippen molar-refractivity contribution in [1.29, 1.82) is 0 Å². The Bertz CT molecular complexity index is 734. The predicted molar refractivity (Wildman–Crippen MR) is 90.7 cm³/mol. The molecular formula is C16H15BrN2O4. The second-order valence-electron chi connectivity index (χ2n) is 4.73. The Balaban J connectivity index is 2.00. The average molecular weight is 379 g/mol. The zero-order valence-corrected chi connectivity index (χ0v) is 14.0. The molecule has 0 saturated heterocycles. The molecule has 0 saturated carbocycles. The van der Waals surface area contributed by atoms with Crippen molar-refractivity contribution >= 4 is 33.2 Å². The predicted octanol–water partition coefficient (Wildman–Crippen LogP) is 3.94. The van der Waals surface area contributed by atoms with Crippen LogP contribution in [0.3, 0.4) is 0 Å². The molecule has 23 heavy (non-hydrogen) atoms. The summed E-state index contributed by atoms with van der Waals surface area (Å²) < 4.78 is 6.20. The van der Waals surface area contributed by atoms with Gasteiger partial charge in [-0.1, -0.05) is 25.1 Å². The third kappa shape index (κ3) is 4.53. The number of para-hydroxylation sites is 2. The summed E-state index contributed by atoms with van der Waals surface area (Å²) >= 11 is 3.39. The summed E-state index contributed by atoms with van der Waals surface area (Å²) in [5.41, 5.74) is 1.13. The Hall–Kier alpha value is -2.41. The number of rotatable bonds is 6. The summed E-state index contributed by atoms with van der Waals surface area (Å²) in [6.45, 7) is 1.80. The molecule has 2 aromatic rings. The first kappa shape index (κ1) is 17.0. The number of nitro groups is 1. The van der Waals surface area contributed by atoms with Crippen LogP contribution in [0.25, 0.3) is 0 Å². The van der Waals surface area contributed by atoms with Crippen LogP contribution in [0.2, 0.25) is 0 Å². The van der Waals surface area contributed by atoms with E-state index >= 15 is 0 Å². The minimum Gasteiger partial charge on any atom is -0.483 e. The van der Waals surface area contributed by atoms with E-state index in [-0.39, 0.29) is 18.0 Å². The number of hydrogen-bond acceptors (Lipinski definition) is 4. The van der Waals surface area contributed by atoms with E-state index in [1.165, 1.54) is 18.2 Å². The van der Waals surface area contributed by atoms with Crippen LogP contribution in [0.4, 0.5) is 11.4 Å². The first-order chi connectivity index (χ1) is 11.0. The van der Waals surface area contributed by atoms with E-state index in [9.17, 15) is 14.9 Å². The van der Waals surface area contributed by atoms with Gasteiger partial charge >= 0.3 is 0 Å². The Morgan fingerprint density at radius 3 is 2.70 bits per heavy atom. The summed E-state index contributed by atoms with van der Waals surface area (Å²) in [7, 11) is 0. The molecular weight excluding hydrogens is 364 g/mol. The van der Waals surface area contributed by atoms with Gasteiger partial charge < -0.3 is 10.1 Å². The van der Waals surface area contributed by atoms with Crippen molar-refractivity contribution in [2.75, 3.05) is 11.9 Å². The Morgan fingerprint density at radius 2 is 2.04 bits per heavy atom. The van der Waals surface area contributed by atoms with Gasteiger partial charge in [-0.2, -0.15) is 0 Å². The van der Waals surface area contributed by atoms with Gasteiger partial charge in [-0.3, -0.25) is 14.9 Å². The van der Waals surface area contributed by atoms with Crippen LogP contribution >= 0.6 is 15.9 Å². The van der Waals surface area contributed by atoms with Crippen molar-refractivity contribution in [3.05, 3.63) is 62.6 Å². The van der Waals surface area contributed by atoms with Crippen LogP contribution in [0.5, 0.6) is 5.75 Å². The maximum absolute atomic E-state index is 11.9. The van der Waals surface area contributed by atoms with Gasteiger partial charge in [0.25, 0.3) is 11.6 Å². The van der Waals surface area contributed by atoms with Gasteiger partial charge in [0.1, 0.15) is 11.4 Å². The number of anilines is 1. The molecule has 2 aromatic carbocycles. The summed E-state index contributed by atoms with van der Waals surface area (Å²) in [6.07, 6.45) is 0.900. The molecule has 120 valence electrons. The lowest BCUT2D eigenvalue weighted by atomic mass is 10.2. The minimum absolute atomic E-state index is 0.145. The number of nitro benzene ring substituents is 1. The first-order valence-corrected chi connectivity index (χ1v) is 7.75. The molecule has 0 aliphatic rings. The number of halogens is 1. The molecule has 0 aliphatic carbocycles. The van der Waals surface area contributed by atoms with Gasteiger partial charge in [0.15, 0.2) is 6.61 Å². The topological polar surface area (TPSA) is 81.5 Å². The van der Waals surface area contributed by atoms with Gasteiger partial charge in [-0.25, -0.2) is 0 Å². The number of amides is 1. The quantitative estimate of drug-likeness (QED) is 0.609. The molecule has 0 radical (unpaired) electrons. The SMILES string of the molecule is CCc1ccc(OCC(=O)Nc2ccccc2[N+](=O)[O-])c(Br)c1. The number of nitrogens with one attached hydrogen (secondary N) is 1. The van der Waals surface area contributed by atoms with E-state index in [1.807, 2.05) is 19.1 Å². The fourth-order valence-corrected chi connectivity index (χ4v) is 2.49. The maximum Gasteiger partial charge on any atom is 0.292 e. The smallest absolute Gasteiger partial charge is 0.292 e. The highest BCUT2D eigenvalue weighted by Gasteiger charge is 2.15. The molecule has 0 spiro atoms. The van der Waals surface area contributed by atoms with Crippen LogP contribution < -0.4 is 10.1 Å². The number of carbonyl (C=O) groups is 1. The van der Waals surface area contributed by atoms with Crippen LogP contribution in [-0.4, -0.2) is 17.4 Å². The van der Waals surface area contributed by atoms with Crippen molar-refractivity contribution in [3.63, 3.8) is 0 Å². The molecule has 0 bridgehead atoms. The van der Waals surface area contributed by atoms with Crippen LogP contribution in [0, 0.1) is 10.1 Å². The second-order valence-corrected chi connectivity index (χ2v) is 5.58. The van der Waals surface area contributed by atoms with Gasteiger partial charge in [-0.05, 0) is 46.1 Å². The average Bonchev–Trinajstić information content (AvgIpc) is 2.54. The fourth-order valence-electron chi connectivity index (χ4n) is 1.95. The van der Waals surface area contributed by atoms with Gasteiger partial charge in [0.05, 0.1) is 9.40 Å². The van der Waals surface area contributed by atoms with Crippen molar-refractivity contribution in [3.8, 4) is 5.75 Å². The molecule has 0 fully saturated rings. The zero-order valence-electron chi connectivity index (χ0n) is 12.4. The van der Waals surface area contributed by atoms with Gasteiger partial charge in [0, 0.05) is 6.07 Å². The minimum atomic E-state index is -0.545. The summed E-state index contributed by atoms with van der Waals surface area (Å²) in [5.74, 6) is 0.0747.